The van der Waals surface area contributed by atoms with Gasteiger partial charge in [-0.15, -0.1) is 0 Å². The number of carbonyl (C=O) groups excluding carboxylic acids is 2. The number of benzene rings is 2. The molecule has 1 N–H and O–H groups in total. The number of hydrogen-bond donors (Lipinski definition) is 1. The van der Waals surface area contributed by atoms with E-state index in [0.29, 0.717) is 50.1 Å². The number of aliphatic hydroxyl groups is 1. The van der Waals surface area contributed by atoms with Crippen LogP contribution in [0.1, 0.15) is 105 Å². The summed E-state index contributed by atoms with van der Waals surface area (Å²) in [7, 11) is 0. The number of nitriles is 2. The van der Waals surface area contributed by atoms with Gasteiger partial charge in [0.1, 0.15) is 23.8 Å². The molecule has 0 radical (unpaired) electrons. The minimum absolute atomic E-state index is 0.0247. The number of amides is 2. The molecule has 0 spiro atoms. The molecule has 4 aliphatic rings. The molecule has 15 heteroatoms. The summed E-state index contributed by atoms with van der Waals surface area (Å²) in [5, 5.41) is 29.1. The van der Waals surface area contributed by atoms with Crippen molar-refractivity contribution >= 4 is 34.8 Å². The van der Waals surface area contributed by atoms with Crippen molar-refractivity contribution in [2.24, 2.45) is 11.8 Å². The van der Waals surface area contributed by atoms with Gasteiger partial charge in [0, 0.05) is 95.3 Å². The molecule has 0 saturated carbocycles. The van der Waals surface area contributed by atoms with E-state index in [0.717, 1.165) is 146 Å². The number of piperidine rings is 2. The van der Waals surface area contributed by atoms with Crippen LogP contribution in [0.4, 0.5) is 23.0 Å². The zero-order valence-electron chi connectivity index (χ0n) is 46.1. The van der Waals surface area contributed by atoms with Crippen LogP contribution in [0.15, 0.2) is 109 Å². The highest BCUT2D eigenvalue weighted by Gasteiger charge is 2.34. The van der Waals surface area contributed by atoms with Crippen LogP contribution in [0.2, 0.25) is 0 Å². The molecule has 4 fully saturated rings. The Morgan fingerprint density at radius 1 is 0.551 bits per heavy atom. The zero-order valence-corrected chi connectivity index (χ0v) is 46.1. The van der Waals surface area contributed by atoms with Gasteiger partial charge in [-0.2, -0.15) is 10.5 Å². The summed E-state index contributed by atoms with van der Waals surface area (Å²) in [4.78, 5) is 58.9. The van der Waals surface area contributed by atoms with Crippen LogP contribution in [0.25, 0.3) is 0 Å². The van der Waals surface area contributed by atoms with Gasteiger partial charge in [-0.25, -0.2) is 9.97 Å². The lowest BCUT2D eigenvalue weighted by Crippen LogP contribution is -2.56. The molecular formula is C63H74N12O3. The lowest BCUT2D eigenvalue weighted by molar-refractivity contribution is 0.0695. The van der Waals surface area contributed by atoms with Crippen molar-refractivity contribution in [1.29, 1.82) is 10.5 Å². The van der Waals surface area contributed by atoms with Crippen LogP contribution in [0.3, 0.4) is 0 Å². The molecule has 4 aliphatic heterocycles. The second-order valence-corrected chi connectivity index (χ2v) is 21.4. The van der Waals surface area contributed by atoms with E-state index in [4.69, 9.17) is 9.97 Å². The number of carbonyl (C=O) groups is 2. The molecule has 78 heavy (non-hydrogen) atoms. The second kappa shape index (κ2) is 25.5. The summed E-state index contributed by atoms with van der Waals surface area (Å²) in [5.41, 5.74) is 10.8. The maximum atomic E-state index is 13.8. The molecule has 4 aromatic heterocycles. The number of aliphatic hydroxyl groups excluding tert-OH is 1. The summed E-state index contributed by atoms with van der Waals surface area (Å²) in [6, 6.07) is 36.3. The predicted molar refractivity (Wildman–Crippen MR) is 307 cm³/mol. The number of nitrogens with zero attached hydrogens (tertiary/aromatic N) is 12. The molecule has 404 valence electrons. The first-order valence-corrected chi connectivity index (χ1v) is 27.9. The number of rotatable bonds is 12. The minimum atomic E-state index is -0.202. The minimum Gasteiger partial charge on any atom is -0.394 e. The summed E-state index contributed by atoms with van der Waals surface area (Å²) in [5.74, 6) is 2.90. The van der Waals surface area contributed by atoms with Gasteiger partial charge in [-0.1, -0.05) is 43.3 Å². The molecular weight excluding hydrogens is 973 g/mol. The fourth-order valence-electron chi connectivity index (χ4n) is 12.0. The first-order chi connectivity index (χ1) is 38.0. The normalized spacial score (nSPS) is 18.2. The van der Waals surface area contributed by atoms with Gasteiger partial charge in [-0.3, -0.25) is 19.6 Å². The van der Waals surface area contributed by atoms with Crippen molar-refractivity contribution < 1.29 is 14.7 Å². The van der Waals surface area contributed by atoms with E-state index in [2.05, 4.69) is 67.7 Å². The van der Waals surface area contributed by atoms with Gasteiger partial charge in [0.05, 0.1) is 57.7 Å². The molecule has 2 aromatic carbocycles. The SMILES string of the molecule is CC[C@@H]1CN(C(=O)c2cc(CC3CCN(c4ccccc4C#N)CC3)c(C)nc2C)CCN1c1ccccn1.Cc1nc(C)c(C(=O)N2CCN(c3ccccn3)[C@H](CO)C2)cc1CC1CCN(c2ccccc2C#N)CC1. The number of anilines is 4. The van der Waals surface area contributed by atoms with Gasteiger partial charge in [0.2, 0.25) is 0 Å². The lowest BCUT2D eigenvalue weighted by Gasteiger charge is -2.42. The van der Waals surface area contributed by atoms with Crippen molar-refractivity contribution in [2.45, 2.75) is 91.6 Å². The molecule has 2 amide bonds. The van der Waals surface area contributed by atoms with Crippen molar-refractivity contribution in [3.8, 4) is 12.1 Å². The third kappa shape index (κ3) is 12.6. The highest BCUT2D eigenvalue weighted by atomic mass is 16.3. The Morgan fingerprint density at radius 2 is 0.962 bits per heavy atom. The molecule has 2 atom stereocenters. The van der Waals surface area contributed by atoms with E-state index >= 15 is 0 Å². The Balaban J connectivity index is 0.000000190. The van der Waals surface area contributed by atoms with Gasteiger partial charge >= 0.3 is 0 Å². The van der Waals surface area contributed by atoms with E-state index in [1.165, 1.54) is 5.56 Å². The van der Waals surface area contributed by atoms with Crippen LogP contribution in [-0.4, -0.2) is 131 Å². The van der Waals surface area contributed by atoms with Crippen molar-refractivity contribution in [3.63, 3.8) is 0 Å². The van der Waals surface area contributed by atoms with E-state index in [-0.39, 0.29) is 30.5 Å². The molecule has 0 unspecified atom stereocenters. The van der Waals surface area contributed by atoms with Crippen LogP contribution in [-0.2, 0) is 12.8 Å². The standard InChI is InChI=1S/C32H38N6O.C31H36N6O2/c1-4-28-22-37(17-18-38(28)31-11-7-8-14-34-31)32(39)29-20-27(23(2)35-24(29)3)19-25-12-15-36(16-13-25)30-10-6-5-9-26(30)21-33;1-22-26(17-24-10-13-35(14-11-24)29-8-4-3-7-25(29)19-32)18-28(23(2)34-22)31(39)36-15-16-37(27(20-36)21-38)30-9-5-6-12-33-30/h5-11,14,20,25,28H,4,12-13,15-19,22H2,1-3H3;3-9,12,18,24,27,38H,10-11,13-17,20-21H2,1-2H3/t28-;27-/m10/s1. The summed E-state index contributed by atoms with van der Waals surface area (Å²) >= 11 is 0. The van der Waals surface area contributed by atoms with Crippen molar-refractivity contribution in [2.75, 3.05) is 91.7 Å². The Kier molecular flexibility index (Phi) is 18.0. The van der Waals surface area contributed by atoms with Gasteiger partial charge in [-0.05, 0) is 156 Å². The number of pyridine rings is 4. The van der Waals surface area contributed by atoms with Gasteiger partial charge in [0.15, 0.2) is 0 Å². The Morgan fingerprint density at radius 3 is 1.36 bits per heavy atom. The summed E-state index contributed by atoms with van der Waals surface area (Å²) < 4.78 is 0. The first kappa shape index (κ1) is 54.9. The summed E-state index contributed by atoms with van der Waals surface area (Å²) in [6.07, 6.45) is 10.5. The van der Waals surface area contributed by atoms with E-state index in [1.54, 1.807) is 6.20 Å². The van der Waals surface area contributed by atoms with Crippen LogP contribution >= 0.6 is 0 Å². The molecule has 6 aromatic rings. The average molecular weight is 1050 g/mol. The highest BCUT2D eigenvalue weighted by molar-refractivity contribution is 5.96. The Hall–Kier alpha value is -7.88. The molecule has 8 heterocycles. The van der Waals surface area contributed by atoms with Crippen molar-refractivity contribution in [1.82, 2.24) is 29.7 Å². The van der Waals surface area contributed by atoms with Crippen LogP contribution < -0.4 is 19.6 Å². The highest BCUT2D eigenvalue weighted by Crippen LogP contribution is 2.32. The molecule has 0 bridgehead atoms. The van der Waals surface area contributed by atoms with Gasteiger partial charge < -0.3 is 34.5 Å². The maximum Gasteiger partial charge on any atom is 0.255 e. The Labute approximate surface area is 460 Å². The lowest BCUT2D eigenvalue weighted by atomic mass is 9.88. The van der Waals surface area contributed by atoms with Gasteiger partial charge in [0.25, 0.3) is 11.8 Å². The fourth-order valence-corrected chi connectivity index (χ4v) is 12.0. The van der Waals surface area contributed by atoms with E-state index < -0.39 is 0 Å². The van der Waals surface area contributed by atoms with E-state index in [9.17, 15) is 25.2 Å². The molecule has 0 aliphatic carbocycles. The van der Waals surface area contributed by atoms with Crippen LogP contribution in [0, 0.1) is 62.2 Å². The topological polar surface area (TPSA) is 173 Å². The van der Waals surface area contributed by atoms with E-state index in [1.807, 2.05) is 122 Å². The van der Waals surface area contributed by atoms with Crippen molar-refractivity contribution in [3.05, 3.63) is 166 Å². The first-order valence-electron chi connectivity index (χ1n) is 27.9. The maximum absolute atomic E-state index is 13.8. The largest absolute Gasteiger partial charge is 0.394 e. The molecule has 10 rings (SSSR count). The smallest absolute Gasteiger partial charge is 0.255 e. The quantitative estimate of drug-likeness (QED) is 0.123. The number of para-hydroxylation sites is 2. The average Bonchev–Trinajstić information content (AvgIpc) is 3.49. The summed E-state index contributed by atoms with van der Waals surface area (Å²) in [6.45, 7) is 17.6. The number of piperazine rings is 2. The number of hydrogen-bond acceptors (Lipinski definition) is 13. The second-order valence-electron chi connectivity index (χ2n) is 21.4. The predicted octanol–water partition coefficient (Wildman–Crippen LogP) is 8.91. The fraction of sp³-hybridized carbons (Fsp3) is 0.429. The molecule has 15 nitrogen and oxygen atoms in total. The third-order valence-corrected chi connectivity index (χ3v) is 16.6. The Bertz CT molecular complexity index is 2900. The zero-order chi connectivity index (χ0) is 54.7. The number of aryl methyl sites for hydroxylation is 4. The number of aromatic nitrogens is 4. The monoisotopic (exact) mass is 1050 g/mol. The van der Waals surface area contributed by atoms with Crippen LogP contribution in [0.5, 0.6) is 0 Å². The third-order valence-electron chi connectivity index (χ3n) is 16.6. The molecule has 4 saturated heterocycles.